The maximum atomic E-state index is 6.11. The van der Waals surface area contributed by atoms with Gasteiger partial charge < -0.3 is 20.5 Å². The number of hydrogen-bond donors (Lipinski definition) is 2. The van der Waals surface area contributed by atoms with E-state index in [1.165, 1.54) is 0 Å². The molecule has 2 rings (SSSR count). The maximum Gasteiger partial charge on any atom is 0.242 e. The molecule has 0 bridgehead atoms. The molecule has 1 aliphatic carbocycles. The highest BCUT2D eigenvalue weighted by atomic mass is 16.5. The molecule has 1 saturated carbocycles. The Balaban J connectivity index is 2.01. The molecule has 0 aromatic carbocycles. The van der Waals surface area contributed by atoms with E-state index < -0.39 is 0 Å². The second-order valence-corrected chi connectivity index (χ2v) is 5.25. The minimum absolute atomic E-state index is 0.471. The molecule has 6 heteroatoms. The van der Waals surface area contributed by atoms with E-state index in [1.807, 2.05) is 6.92 Å². The van der Waals surface area contributed by atoms with Gasteiger partial charge in [0.15, 0.2) is 5.82 Å². The van der Waals surface area contributed by atoms with Gasteiger partial charge in [-0.1, -0.05) is 6.92 Å². The summed E-state index contributed by atoms with van der Waals surface area (Å²) in [6.07, 6.45) is 4.16. The summed E-state index contributed by atoms with van der Waals surface area (Å²) in [5.74, 6) is 2.52. The van der Waals surface area contributed by atoms with Crippen molar-refractivity contribution in [3.8, 4) is 5.88 Å². The Morgan fingerprint density at radius 3 is 2.71 bits per heavy atom. The van der Waals surface area contributed by atoms with Crippen LogP contribution in [0.3, 0.4) is 0 Å². The van der Waals surface area contributed by atoms with E-state index in [2.05, 4.69) is 22.2 Å². The summed E-state index contributed by atoms with van der Waals surface area (Å²) in [5.41, 5.74) is 6.61. The standard InChI is InChI=1S/C15H26N4O2/c1-3-9-21-15-12(16)14(17-8-5-10-20-4-2)18-13(19-15)11-6-7-11/h11H,3-10,16H2,1-2H3,(H,17,18,19). The van der Waals surface area contributed by atoms with E-state index in [9.17, 15) is 0 Å². The number of nitrogens with zero attached hydrogens (tertiary/aromatic N) is 2. The molecule has 118 valence electrons. The Morgan fingerprint density at radius 2 is 2.05 bits per heavy atom. The van der Waals surface area contributed by atoms with Crippen LogP contribution in [0.1, 0.15) is 51.3 Å². The summed E-state index contributed by atoms with van der Waals surface area (Å²) in [6, 6.07) is 0. The molecule has 0 atom stereocenters. The highest BCUT2D eigenvalue weighted by molar-refractivity contribution is 5.67. The lowest BCUT2D eigenvalue weighted by molar-refractivity contribution is 0.147. The van der Waals surface area contributed by atoms with Crippen LogP contribution in [0.5, 0.6) is 5.88 Å². The van der Waals surface area contributed by atoms with Gasteiger partial charge in [-0.2, -0.15) is 4.98 Å². The van der Waals surface area contributed by atoms with Crippen LogP contribution in [0.25, 0.3) is 0 Å². The summed E-state index contributed by atoms with van der Waals surface area (Å²) >= 11 is 0. The zero-order valence-corrected chi connectivity index (χ0v) is 13.0. The zero-order valence-electron chi connectivity index (χ0n) is 13.0. The SMILES string of the molecule is CCCOc1nc(C2CC2)nc(NCCCOCC)c1N. The molecule has 1 heterocycles. The number of nitrogens with two attached hydrogens (primary N) is 1. The van der Waals surface area contributed by atoms with Gasteiger partial charge in [0.1, 0.15) is 11.5 Å². The highest BCUT2D eigenvalue weighted by Gasteiger charge is 2.28. The van der Waals surface area contributed by atoms with Gasteiger partial charge in [0.25, 0.3) is 0 Å². The van der Waals surface area contributed by atoms with E-state index in [-0.39, 0.29) is 0 Å². The lowest BCUT2D eigenvalue weighted by Gasteiger charge is -2.14. The molecule has 0 unspecified atom stereocenters. The summed E-state index contributed by atoms with van der Waals surface area (Å²) in [5, 5.41) is 3.28. The molecule has 3 N–H and O–H groups in total. The van der Waals surface area contributed by atoms with Crippen LogP contribution in [0.15, 0.2) is 0 Å². The normalized spacial score (nSPS) is 14.2. The van der Waals surface area contributed by atoms with Gasteiger partial charge >= 0.3 is 0 Å². The van der Waals surface area contributed by atoms with Crippen molar-refractivity contribution in [2.75, 3.05) is 37.4 Å². The van der Waals surface area contributed by atoms with Crippen LogP contribution in [0, 0.1) is 0 Å². The van der Waals surface area contributed by atoms with Gasteiger partial charge in [-0.25, -0.2) is 4.98 Å². The van der Waals surface area contributed by atoms with Crippen LogP contribution in [-0.2, 0) is 4.74 Å². The molecule has 1 aromatic rings. The minimum Gasteiger partial charge on any atom is -0.476 e. The van der Waals surface area contributed by atoms with Gasteiger partial charge in [0.05, 0.1) is 6.61 Å². The first-order chi connectivity index (χ1) is 10.3. The lowest BCUT2D eigenvalue weighted by atomic mass is 10.3. The van der Waals surface area contributed by atoms with Crippen LogP contribution < -0.4 is 15.8 Å². The Bertz CT molecular complexity index is 450. The van der Waals surface area contributed by atoms with Gasteiger partial charge in [-0.15, -0.1) is 0 Å². The molecule has 0 saturated heterocycles. The van der Waals surface area contributed by atoms with E-state index in [0.717, 1.165) is 51.3 Å². The van der Waals surface area contributed by atoms with Crippen LogP contribution in [0.2, 0.25) is 0 Å². The van der Waals surface area contributed by atoms with Crippen molar-refractivity contribution in [1.29, 1.82) is 0 Å². The van der Waals surface area contributed by atoms with Crippen molar-refractivity contribution in [3.63, 3.8) is 0 Å². The van der Waals surface area contributed by atoms with Crippen molar-refractivity contribution >= 4 is 11.5 Å². The second-order valence-electron chi connectivity index (χ2n) is 5.25. The fourth-order valence-electron chi connectivity index (χ4n) is 1.96. The fourth-order valence-corrected chi connectivity index (χ4v) is 1.96. The number of ether oxygens (including phenoxy) is 2. The Labute approximate surface area is 126 Å². The topological polar surface area (TPSA) is 82.3 Å². The first-order valence-corrected chi connectivity index (χ1v) is 7.88. The van der Waals surface area contributed by atoms with E-state index in [1.54, 1.807) is 0 Å². The number of aromatic nitrogens is 2. The Kier molecular flexibility index (Phi) is 6.04. The number of rotatable bonds is 10. The summed E-state index contributed by atoms with van der Waals surface area (Å²) in [6.45, 7) is 6.94. The van der Waals surface area contributed by atoms with Crippen molar-refractivity contribution in [2.24, 2.45) is 0 Å². The van der Waals surface area contributed by atoms with Gasteiger partial charge in [0, 0.05) is 25.7 Å². The van der Waals surface area contributed by atoms with Crippen molar-refractivity contribution in [2.45, 2.75) is 45.4 Å². The third-order valence-corrected chi connectivity index (χ3v) is 3.28. The average molecular weight is 294 g/mol. The van der Waals surface area contributed by atoms with Crippen molar-refractivity contribution in [1.82, 2.24) is 9.97 Å². The molecule has 1 aliphatic rings. The first kappa shape index (κ1) is 15.8. The summed E-state index contributed by atoms with van der Waals surface area (Å²) in [4.78, 5) is 9.02. The van der Waals surface area contributed by atoms with Crippen LogP contribution in [-0.4, -0.2) is 36.3 Å². The number of hydrogen-bond acceptors (Lipinski definition) is 6. The molecule has 0 amide bonds. The highest BCUT2D eigenvalue weighted by Crippen LogP contribution is 2.40. The summed E-state index contributed by atoms with van der Waals surface area (Å²) in [7, 11) is 0. The number of nitrogens with one attached hydrogen (secondary N) is 1. The Hall–Kier alpha value is -1.56. The van der Waals surface area contributed by atoms with Gasteiger partial charge in [-0.05, 0) is 32.6 Å². The molecule has 21 heavy (non-hydrogen) atoms. The van der Waals surface area contributed by atoms with Crippen LogP contribution >= 0.6 is 0 Å². The predicted octanol–water partition coefficient (Wildman–Crippen LogP) is 2.56. The van der Waals surface area contributed by atoms with E-state index in [4.69, 9.17) is 15.2 Å². The second kappa shape index (κ2) is 8.02. The quantitative estimate of drug-likeness (QED) is 0.645. The third-order valence-electron chi connectivity index (χ3n) is 3.28. The molecule has 0 spiro atoms. The third kappa shape index (κ3) is 4.74. The monoisotopic (exact) mass is 294 g/mol. The van der Waals surface area contributed by atoms with E-state index in [0.29, 0.717) is 29.9 Å². The van der Waals surface area contributed by atoms with Gasteiger partial charge in [-0.3, -0.25) is 0 Å². The molecule has 1 fully saturated rings. The number of nitrogen functional groups attached to an aromatic ring is 1. The van der Waals surface area contributed by atoms with Crippen LogP contribution in [0.4, 0.5) is 11.5 Å². The fraction of sp³-hybridized carbons (Fsp3) is 0.733. The first-order valence-electron chi connectivity index (χ1n) is 7.88. The smallest absolute Gasteiger partial charge is 0.242 e. The zero-order chi connectivity index (χ0) is 15.1. The average Bonchev–Trinajstić information content (AvgIpc) is 3.32. The van der Waals surface area contributed by atoms with E-state index >= 15 is 0 Å². The lowest BCUT2D eigenvalue weighted by Crippen LogP contribution is -2.13. The Morgan fingerprint density at radius 1 is 1.24 bits per heavy atom. The largest absolute Gasteiger partial charge is 0.476 e. The van der Waals surface area contributed by atoms with Crippen molar-refractivity contribution in [3.05, 3.63) is 5.82 Å². The van der Waals surface area contributed by atoms with Crippen molar-refractivity contribution < 1.29 is 9.47 Å². The summed E-state index contributed by atoms with van der Waals surface area (Å²) < 4.78 is 11.0. The van der Waals surface area contributed by atoms with Gasteiger partial charge in [0.2, 0.25) is 5.88 Å². The molecule has 0 aliphatic heterocycles. The minimum atomic E-state index is 0.471. The number of anilines is 2. The predicted molar refractivity (Wildman–Crippen MR) is 83.8 cm³/mol. The molecule has 0 radical (unpaired) electrons. The maximum absolute atomic E-state index is 6.11. The molecular formula is C15H26N4O2. The molecule has 1 aromatic heterocycles. The molecule has 6 nitrogen and oxygen atoms in total. The molecular weight excluding hydrogens is 268 g/mol.